The summed E-state index contributed by atoms with van der Waals surface area (Å²) in [6.07, 6.45) is 1.78. The number of benzene rings is 2. The predicted octanol–water partition coefficient (Wildman–Crippen LogP) is 3.54. The number of hydrogen-bond acceptors (Lipinski definition) is 4. The molecule has 0 bridgehead atoms. The number of carbonyl (C=O) groups is 1. The fourth-order valence-electron chi connectivity index (χ4n) is 2.93. The first kappa shape index (κ1) is 20.6. The van der Waals surface area contributed by atoms with E-state index in [0.717, 1.165) is 19.4 Å². The maximum Gasteiger partial charge on any atom is 0.269 e. The van der Waals surface area contributed by atoms with Crippen molar-refractivity contribution in [2.24, 2.45) is 0 Å². The molecule has 6 heteroatoms. The van der Waals surface area contributed by atoms with E-state index in [1.165, 1.54) is 17.7 Å². The number of nitrogens with zero attached hydrogens (tertiary/aromatic N) is 3. The predicted molar refractivity (Wildman–Crippen MR) is 107 cm³/mol. The third kappa shape index (κ3) is 6.18. The van der Waals surface area contributed by atoms with Gasteiger partial charge in [0.05, 0.1) is 4.92 Å². The number of non-ortho nitro benzene ring substituents is 1. The lowest BCUT2D eigenvalue weighted by atomic mass is 10.1. The second kappa shape index (κ2) is 9.83. The maximum atomic E-state index is 13.0. The van der Waals surface area contributed by atoms with Crippen LogP contribution in [-0.2, 0) is 6.42 Å². The first-order valence-electron chi connectivity index (χ1n) is 9.11. The molecule has 0 aliphatic heterocycles. The van der Waals surface area contributed by atoms with Crippen molar-refractivity contribution >= 4 is 11.6 Å². The number of nitro benzene ring substituents is 1. The van der Waals surface area contributed by atoms with Crippen LogP contribution in [0.5, 0.6) is 0 Å². The molecule has 0 spiro atoms. The van der Waals surface area contributed by atoms with Gasteiger partial charge in [0.25, 0.3) is 11.6 Å². The lowest BCUT2D eigenvalue weighted by Crippen LogP contribution is -2.37. The van der Waals surface area contributed by atoms with Crippen molar-refractivity contribution in [3.63, 3.8) is 0 Å². The van der Waals surface area contributed by atoms with Crippen LogP contribution >= 0.6 is 0 Å². The smallest absolute Gasteiger partial charge is 0.269 e. The largest absolute Gasteiger partial charge is 0.337 e. The molecule has 0 aromatic heterocycles. The Morgan fingerprint density at radius 2 is 1.74 bits per heavy atom. The summed E-state index contributed by atoms with van der Waals surface area (Å²) < 4.78 is 0. The highest BCUT2D eigenvalue weighted by Crippen LogP contribution is 2.19. The molecule has 0 unspecified atom stereocenters. The molecular formula is C21H27N3O3. The average molecular weight is 369 g/mol. The molecule has 0 fully saturated rings. The number of aryl methyl sites for hydroxylation is 2. The van der Waals surface area contributed by atoms with Crippen molar-refractivity contribution in [2.75, 3.05) is 33.7 Å². The van der Waals surface area contributed by atoms with Gasteiger partial charge >= 0.3 is 0 Å². The van der Waals surface area contributed by atoms with Crippen molar-refractivity contribution in [1.82, 2.24) is 9.80 Å². The summed E-state index contributed by atoms with van der Waals surface area (Å²) in [5, 5.41) is 10.9. The maximum absolute atomic E-state index is 13.0. The van der Waals surface area contributed by atoms with E-state index in [1.807, 2.05) is 42.1 Å². The van der Waals surface area contributed by atoms with E-state index in [9.17, 15) is 14.9 Å². The van der Waals surface area contributed by atoms with Crippen molar-refractivity contribution in [3.8, 4) is 0 Å². The molecule has 2 aromatic carbocycles. The van der Waals surface area contributed by atoms with Gasteiger partial charge in [-0.1, -0.05) is 30.3 Å². The Balaban J connectivity index is 2.09. The number of rotatable bonds is 9. The number of amides is 1. The summed E-state index contributed by atoms with van der Waals surface area (Å²) in [7, 11) is 3.95. The van der Waals surface area contributed by atoms with Crippen molar-refractivity contribution < 1.29 is 9.72 Å². The van der Waals surface area contributed by atoms with Gasteiger partial charge in [-0.3, -0.25) is 14.9 Å². The zero-order chi connectivity index (χ0) is 19.8. The van der Waals surface area contributed by atoms with Gasteiger partial charge in [-0.25, -0.2) is 0 Å². The molecule has 0 radical (unpaired) electrons. The summed E-state index contributed by atoms with van der Waals surface area (Å²) in [5.74, 6) is -0.0719. The molecule has 0 aliphatic rings. The molecule has 27 heavy (non-hydrogen) atoms. The Labute approximate surface area is 160 Å². The highest BCUT2D eigenvalue weighted by molar-refractivity contribution is 5.96. The number of carbonyl (C=O) groups excluding carboxylic acids is 1. The van der Waals surface area contributed by atoms with Gasteiger partial charge in [-0.2, -0.15) is 0 Å². The van der Waals surface area contributed by atoms with Gasteiger partial charge in [0, 0.05) is 37.3 Å². The Hall–Kier alpha value is -2.73. The van der Waals surface area contributed by atoms with Crippen LogP contribution in [0.2, 0.25) is 0 Å². The summed E-state index contributed by atoms with van der Waals surface area (Å²) in [4.78, 5) is 27.4. The molecule has 0 heterocycles. The summed E-state index contributed by atoms with van der Waals surface area (Å²) >= 11 is 0. The minimum Gasteiger partial charge on any atom is -0.337 e. The van der Waals surface area contributed by atoms with Crippen LogP contribution < -0.4 is 0 Å². The molecule has 0 atom stereocenters. The highest BCUT2D eigenvalue weighted by Gasteiger charge is 2.19. The minimum absolute atomic E-state index is 0.00738. The molecule has 6 nitrogen and oxygen atoms in total. The van der Waals surface area contributed by atoms with Gasteiger partial charge < -0.3 is 9.80 Å². The molecule has 0 N–H and O–H groups in total. The zero-order valence-electron chi connectivity index (χ0n) is 16.2. The van der Waals surface area contributed by atoms with Crippen LogP contribution in [0.25, 0.3) is 0 Å². The third-order valence-corrected chi connectivity index (χ3v) is 4.49. The van der Waals surface area contributed by atoms with E-state index in [2.05, 4.69) is 12.1 Å². The van der Waals surface area contributed by atoms with Gasteiger partial charge in [-0.05, 0) is 51.1 Å². The molecule has 1 amide bonds. The van der Waals surface area contributed by atoms with Gasteiger partial charge in [0.15, 0.2) is 0 Å². The second-order valence-electron chi connectivity index (χ2n) is 6.94. The zero-order valence-corrected chi connectivity index (χ0v) is 16.2. The van der Waals surface area contributed by atoms with Crippen LogP contribution in [0.15, 0.2) is 48.5 Å². The van der Waals surface area contributed by atoms with Crippen molar-refractivity contribution in [1.29, 1.82) is 0 Å². The fraction of sp³-hybridized carbons (Fsp3) is 0.381. The van der Waals surface area contributed by atoms with Crippen LogP contribution in [-0.4, -0.2) is 54.4 Å². The average Bonchev–Trinajstić information content (AvgIpc) is 2.64. The van der Waals surface area contributed by atoms with E-state index in [0.29, 0.717) is 24.2 Å². The van der Waals surface area contributed by atoms with Gasteiger partial charge in [0.2, 0.25) is 0 Å². The van der Waals surface area contributed by atoms with E-state index >= 15 is 0 Å². The van der Waals surface area contributed by atoms with E-state index in [4.69, 9.17) is 0 Å². The standard InChI is InChI=1S/C21H27N3O3/c1-17-16-19(24(26)27)11-12-20(17)21(25)23(15-14-22(2)3)13-7-10-18-8-5-4-6-9-18/h4-6,8-9,11-12,16H,7,10,13-15H2,1-3H3. The highest BCUT2D eigenvalue weighted by atomic mass is 16.6. The number of likely N-dealkylation sites (N-methyl/N-ethyl adjacent to an activating group) is 1. The van der Waals surface area contributed by atoms with Crippen LogP contribution in [0.3, 0.4) is 0 Å². The molecule has 0 aliphatic carbocycles. The summed E-state index contributed by atoms with van der Waals surface area (Å²) in [6.45, 7) is 3.78. The monoisotopic (exact) mass is 369 g/mol. The first-order chi connectivity index (χ1) is 12.9. The third-order valence-electron chi connectivity index (χ3n) is 4.49. The SMILES string of the molecule is Cc1cc([N+](=O)[O-])ccc1C(=O)N(CCCc1ccccc1)CCN(C)C. The number of nitro groups is 1. The second-order valence-corrected chi connectivity index (χ2v) is 6.94. The number of hydrogen-bond donors (Lipinski definition) is 0. The van der Waals surface area contributed by atoms with E-state index in [-0.39, 0.29) is 11.6 Å². The summed E-state index contributed by atoms with van der Waals surface area (Å²) in [6, 6.07) is 14.6. The molecular weight excluding hydrogens is 342 g/mol. The van der Waals surface area contributed by atoms with Crippen molar-refractivity contribution in [3.05, 3.63) is 75.3 Å². The van der Waals surface area contributed by atoms with Crippen LogP contribution in [0.4, 0.5) is 5.69 Å². The fourth-order valence-corrected chi connectivity index (χ4v) is 2.93. The Morgan fingerprint density at radius 1 is 1.04 bits per heavy atom. The van der Waals surface area contributed by atoms with Gasteiger partial charge in [0.1, 0.15) is 0 Å². The Morgan fingerprint density at radius 3 is 2.33 bits per heavy atom. The minimum atomic E-state index is -0.440. The molecule has 0 saturated carbocycles. The Bertz CT molecular complexity index is 775. The van der Waals surface area contributed by atoms with Crippen LogP contribution in [0.1, 0.15) is 27.9 Å². The lowest BCUT2D eigenvalue weighted by Gasteiger charge is -2.25. The van der Waals surface area contributed by atoms with E-state index < -0.39 is 4.92 Å². The molecule has 0 saturated heterocycles. The van der Waals surface area contributed by atoms with E-state index in [1.54, 1.807) is 13.0 Å². The van der Waals surface area contributed by atoms with Crippen LogP contribution in [0, 0.1) is 17.0 Å². The quantitative estimate of drug-likeness (QED) is 0.501. The molecule has 144 valence electrons. The lowest BCUT2D eigenvalue weighted by molar-refractivity contribution is -0.384. The van der Waals surface area contributed by atoms with Crippen molar-refractivity contribution in [2.45, 2.75) is 19.8 Å². The first-order valence-corrected chi connectivity index (χ1v) is 9.11. The summed E-state index contributed by atoms with van der Waals surface area (Å²) in [5.41, 5.74) is 2.42. The Kier molecular flexibility index (Phi) is 7.49. The topological polar surface area (TPSA) is 66.7 Å². The van der Waals surface area contributed by atoms with Gasteiger partial charge in [-0.15, -0.1) is 0 Å². The normalized spacial score (nSPS) is 10.8. The molecule has 2 rings (SSSR count). The molecule has 2 aromatic rings.